The van der Waals surface area contributed by atoms with Crippen molar-refractivity contribution in [3.05, 3.63) is 0 Å². The fourth-order valence-electron chi connectivity index (χ4n) is 0.587. The van der Waals surface area contributed by atoms with Crippen molar-refractivity contribution in [2.45, 2.75) is 18.9 Å². The minimum Gasteiger partial charge on any atom is -0.748 e. The molecule has 7 heteroatoms. The third-order valence-corrected chi connectivity index (χ3v) is 1.93. The van der Waals surface area contributed by atoms with Crippen molar-refractivity contribution < 1.29 is 52.7 Å². The number of aliphatic hydroxyl groups is 2. The van der Waals surface area contributed by atoms with E-state index in [9.17, 15) is 13.0 Å². The second-order valence-corrected chi connectivity index (χ2v) is 3.76. The SMILES string of the molecule is O=S(=O)([O-])CCCC(O)CO.[Na+]. The molecule has 0 aromatic carbocycles. The molecular formula is C5H11NaO5S. The fraction of sp³-hybridized carbons (Fsp3) is 1.00. The van der Waals surface area contributed by atoms with Crippen molar-refractivity contribution in [3.63, 3.8) is 0 Å². The van der Waals surface area contributed by atoms with E-state index < -0.39 is 28.6 Å². The van der Waals surface area contributed by atoms with Gasteiger partial charge in [-0.2, -0.15) is 0 Å². The zero-order valence-electron chi connectivity index (χ0n) is 6.93. The predicted octanol–water partition coefficient (Wildman–Crippen LogP) is -4.33. The summed E-state index contributed by atoms with van der Waals surface area (Å²) in [5.74, 6) is -0.482. The molecule has 0 aliphatic heterocycles. The van der Waals surface area contributed by atoms with Gasteiger partial charge in [0.05, 0.1) is 22.8 Å². The van der Waals surface area contributed by atoms with Crippen LogP contribution in [-0.4, -0.2) is 41.6 Å². The normalized spacial score (nSPS) is 13.6. The molecule has 0 rings (SSSR count). The van der Waals surface area contributed by atoms with Crippen LogP contribution in [0.1, 0.15) is 12.8 Å². The van der Waals surface area contributed by atoms with Gasteiger partial charge in [-0.15, -0.1) is 0 Å². The molecule has 0 saturated heterocycles. The van der Waals surface area contributed by atoms with E-state index in [0.717, 1.165) is 0 Å². The van der Waals surface area contributed by atoms with Crippen LogP contribution in [0.5, 0.6) is 0 Å². The van der Waals surface area contributed by atoms with E-state index >= 15 is 0 Å². The molecule has 0 spiro atoms. The Hall–Kier alpha value is 0.830. The Morgan fingerprint density at radius 3 is 2.25 bits per heavy atom. The Bertz CT molecular complexity index is 190. The monoisotopic (exact) mass is 206 g/mol. The van der Waals surface area contributed by atoms with E-state index in [1.807, 2.05) is 0 Å². The number of aliphatic hydroxyl groups excluding tert-OH is 2. The molecule has 1 atom stereocenters. The van der Waals surface area contributed by atoms with Crippen LogP contribution in [-0.2, 0) is 10.1 Å². The van der Waals surface area contributed by atoms with Crippen LogP contribution in [0.4, 0.5) is 0 Å². The maximum absolute atomic E-state index is 10.0. The largest absolute Gasteiger partial charge is 1.00 e. The number of rotatable bonds is 5. The minimum atomic E-state index is -4.17. The van der Waals surface area contributed by atoms with Gasteiger partial charge in [-0.3, -0.25) is 0 Å². The zero-order chi connectivity index (χ0) is 8.91. The van der Waals surface area contributed by atoms with Crippen molar-refractivity contribution in [1.82, 2.24) is 0 Å². The first-order valence-electron chi connectivity index (χ1n) is 3.18. The molecule has 5 nitrogen and oxygen atoms in total. The van der Waals surface area contributed by atoms with Crippen LogP contribution in [0.2, 0.25) is 0 Å². The summed E-state index contributed by atoms with van der Waals surface area (Å²) < 4.78 is 30.0. The van der Waals surface area contributed by atoms with E-state index in [0.29, 0.717) is 0 Å². The molecule has 68 valence electrons. The van der Waals surface area contributed by atoms with E-state index in [2.05, 4.69) is 0 Å². The first-order chi connectivity index (χ1) is 4.95. The van der Waals surface area contributed by atoms with Gasteiger partial charge in [0.25, 0.3) is 0 Å². The summed E-state index contributed by atoms with van der Waals surface area (Å²) in [5.41, 5.74) is 0. The molecule has 2 N–H and O–H groups in total. The van der Waals surface area contributed by atoms with Gasteiger partial charge in [-0.25, -0.2) is 8.42 Å². The van der Waals surface area contributed by atoms with E-state index in [-0.39, 0.29) is 42.4 Å². The Balaban J connectivity index is 0. The van der Waals surface area contributed by atoms with Crippen LogP contribution < -0.4 is 29.6 Å². The van der Waals surface area contributed by atoms with Crippen LogP contribution >= 0.6 is 0 Å². The molecule has 0 aromatic rings. The van der Waals surface area contributed by atoms with Crippen LogP contribution in [0.15, 0.2) is 0 Å². The Morgan fingerprint density at radius 2 is 1.92 bits per heavy atom. The smallest absolute Gasteiger partial charge is 0.748 e. The van der Waals surface area contributed by atoms with E-state index in [1.165, 1.54) is 0 Å². The van der Waals surface area contributed by atoms with Crippen LogP contribution in [0.3, 0.4) is 0 Å². The van der Waals surface area contributed by atoms with Crippen molar-refractivity contribution >= 4 is 10.1 Å². The molecule has 12 heavy (non-hydrogen) atoms. The van der Waals surface area contributed by atoms with Crippen molar-refractivity contribution in [2.75, 3.05) is 12.4 Å². The Morgan fingerprint density at radius 1 is 1.42 bits per heavy atom. The molecule has 0 aromatic heterocycles. The molecule has 0 aliphatic carbocycles. The topological polar surface area (TPSA) is 97.7 Å². The van der Waals surface area contributed by atoms with Crippen LogP contribution in [0.25, 0.3) is 0 Å². The van der Waals surface area contributed by atoms with Gasteiger partial charge in [0.1, 0.15) is 0 Å². The third-order valence-electron chi connectivity index (χ3n) is 1.14. The minimum absolute atomic E-state index is 0. The van der Waals surface area contributed by atoms with Gasteiger partial charge in [0, 0.05) is 5.75 Å². The van der Waals surface area contributed by atoms with Crippen molar-refractivity contribution in [1.29, 1.82) is 0 Å². The third kappa shape index (κ3) is 10.8. The zero-order valence-corrected chi connectivity index (χ0v) is 9.75. The second kappa shape index (κ2) is 7.25. The number of hydrogen-bond acceptors (Lipinski definition) is 5. The molecule has 0 radical (unpaired) electrons. The second-order valence-electron chi connectivity index (χ2n) is 2.24. The van der Waals surface area contributed by atoms with Gasteiger partial charge in [-0.1, -0.05) is 0 Å². The first-order valence-corrected chi connectivity index (χ1v) is 4.76. The molecule has 0 amide bonds. The van der Waals surface area contributed by atoms with Crippen LogP contribution in [0, 0.1) is 0 Å². The summed E-state index contributed by atoms with van der Waals surface area (Å²) in [5, 5.41) is 17.0. The van der Waals surface area contributed by atoms with Crippen molar-refractivity contribution in [2.24, 2.45) is 0 Å². The Labute approximate surface area is 93.8 Å². The molecule has 0 heterocycles. The molecule has 0 saturated carbocycles. The van der Waals surface area contributed by atoms with Gasteiger partial charge in [-0.05, 0) is 12.8 Å². The maximum atomic E-state index is 10.0. The average molecular weight is 206 g/mol. The summed E-state index contributed by atoms with van der Waals surface area (Å²) in [4.78, 5) is 0. The summed E-state index contributed by atoms with van der Waals surface area (Å²) in [6, 6.07) is 0. The van der Waals surface area contributed by atoms with Gasteiger partial charge < -0.3 is 14.8 Å². The molecule has 0 fully saturated rings. The van der Waals surface area contributed by atoms with Gasteiger partial charge in [0.15, 0.2) is 0 Å². The molecule has 1 unspecified atom stereocenters. The van der Waals surface area contributed by atoms with Gasteiger partial charge >= 0.3 is 29.6 Å². The molecule has 0 bridgehead atoms. The quantitative estimate of drug-likeness (QED) is 0.350. The predicted molar refractivity (Wildman–Crippen MR) is 36.9 cm³/mol. The average Bonchev–Trinajstić information content (AvgIpc) is 1.85. The maximum Gasteiger partial charge on any atom is 1.00 e. The summed E-state index contributed by atoms with van der Waals surface area (Å²) in [7, 11) is -4.17. The summed E-state index contributed by atoms with van der Waals surface area (Å²) >= 11 is 0. The van der Waals surface area contributed by atoms with E-state index in [1.54, 1.807) is 0 Å². The summed E-state index contributed by atoms with van der Waals surface area (Å²) in [6.45, 7) is -0.404. The van der Waals surface area contributed by atoms with Crippen molar-refractivity contribution in [3.8, 4) is 0 Å². The molecule has 0 aliphatic rings. The fourth-order valence-corrected chi connectivity index (χ4v) is 1.11. The summed E-state index contributed by atoms with van der Waals surface area (Å²) in [6.07, 6.45) is -0.692. The molecular weight excluding hydrogens is 195 g/mol. The first kappa shape index (κ1) is 15.3. The standard InChI is InChI=1S/C5H12O5S.Na/c6-4-5(7)2-1-3-11(8,9)10;/h5-7H,1-4H2,(H,8,9,10);/q;+1/p-1. The number of hydrogen-bond donors (Lipinski definition) is 2. The Kier molecular flexibility index (Phi) is 9.25. The van der Waals surface area contributed by atoms with E-state index in [4.69, 9.17) is 10.2 Å². The van der Waals surface area contributed by atoms with Gasteiger partial charge in [0.2, 0.25) is 0 Å².